The van der Waals surface area contributed by atoms with Gasteiger partial charge in [-0.25, -0.2) is 4.98 Å². The molecule has 6 nitrogen and oxygen atoms in total. The number of nitrogens with one attached hydrogen (secondary N) is 2. The zero-order chi connectivity index (χ0) is 20.6. The molecule has 1 amide bonds. The Hall–Kier alpha value is -3.35. The predicted molar refractivity (Wildman–Crippen MR) is 115 cm³/mol. The van der Waals surface area contributed by atoms with Crippen molar-refractivity contribution in [3.63, 3.8) is 0 Å². The molecule has 0 saturated heterocycles. The Morgan fingerprint density at radius 3 is 2.62 bits per heavy atom. The van der Waals surface area contributed by atoms with Crippen molar-refractivity contribution in [3.05, 3.63) is 84.0 Å². The summed E-state index contributed by atoms with van der Waals surface area (Å²) in [4.78, 5) is 16.1. The number of halogens is 1. The molecule has 2 N–H and O–H groups in total. The van der Waals surface area contributed by atoms with E-state index in [1.807, 2.05) is 18.2 Å². The minimum Gasteiger partial charge on any atom is -0.457 e. The van der Waals surface area contributed by atoms with Gasteiger partial charge < -0.3 is 20.1 Å². The van der Waals surface area contributed by atoms with Crippen LogP contribution >= 0.6 is 11.6 Å². The summed E-state index contributed by atoms with van der Waals surface area (Å²) >= 11 is 5.90. The first-order valence-electron chi connectivity index (χ1n) is 8.79. The van der Waals surface area contributed by atoms with E-state index in [1.54, 1.807) is 49.7 Å². The number of amides is 1. The van der Waals surface area contributed by atoms with Crippen molar-refractivity contribution in [1.29, 1.82) is 0 Å². The third kappa shape index (κ3) is 5.81. The molecule has 0 atom stereocenters. The second kappa shape index (κ2) is 9.73. The number of benzene rings is 2. The van der Waals surface area contributed by atoms with E-state index >= 15 is 0 Å². The van der Waals surface area contributed by atoms with Gasteiger partial charge >= 0.3 is 0 Å². The zero-order valence-corrected chi connectivity index (χ0v) is 16.6. The van der Waals surface area contributed by atoms with Crippen molar-refractivity contribution in [2.24, 2.45) is 0 Å². The van der Waals surface area contributed by atoms with Crippen molar-refractivity contribution < 1.29 is 14.3 Å². The Morgan fingerprint density at radius 2 is 1.90 bits per heavy atom. The van der Waals surface area contributed by atoms with E-state index in [4.69, 9.17) is 21.1 Å². The highest BCUT2D eigenvalue weighted by Crippen LogP contribution is 2.29. The van der Waals surface area contributed by atoms with E-state index in [0.29, 0.717) is 40.3 Å². The van der Waals surface area contributed by atoms with Crippen LogP contribution in [0.4, 0.5) is 17.2 Å². The third-order valence-corrected chi connectivity index (χ3v) is 4.13. The Balaban J connectivity index is 1.82. The van der Waals surface area contributed by atoms with Crippen LogP contribution in [0.1, 0.15) is 5.56 Å². The summed E-state index contributed by atoms with van der Waals surface area (Å²) < 4.78 is 11.0. The molecule has 7 heteroatoms. The van der Waals surface area contributed by atoms with Gasteiger partial charge in [0.1, 0.15) is 17.3 Å². The molecule has 1 heterocycles. The van der Waals surface area contributed by atoms with Crippen molar-refractivity contribution in [3.8, 4) is 11.5 Å². The molecule has 2 aromatic carbocycles. The number of anilines is 3. The minimum absolute atomic E-state index is 0.310. The van der Waals surface area contributed by atoms with Gasteiger partial charge in [0.15, 0.2) is 0 Å². The van der Waals surface area contributed by atoms with Crippen LogP contribution in [0.2, 0.25) is 5.02 Å². The SMILES string of the molecule is C=CC(=O)Nc1cc(COC)ccc1Nc1cc(Oc2ccc(Cl)cc2)ccn1. The zero-order valence-electron chi connectivity index (χ0n) is 15.8. The fourth-order valence-electron chi connectivity index (χ4n) is 2.56. The third-order valence-electron chi connectivity index (χ3n) is 3.88. The summed E-state index contributed by atoms with van der Waals surface area (Å²) in [5, 5.41) is 6.64. The molecule has 3 aromatic rings. The van der Waals surface area contributed by atoms with Crippen molar-refractivity contribution >= 4 is 34.7 Å². The summed E-state index contributed by atoms with van der Waals surface area (Å²) in [6.07, 6.45) is 2.85. The standard InChI is InChI=1S/C22H20ClN3O3/c1-3-22(27)26-20-12-15(14-28-2)4-9-19(20)25-21-13-18(10-11-24-21)29-17-7-5-16(23)6-8-17/h3-13H,1,14H2,2H3,(H,24,25)(H,26,27). The molecular formula is C22H20ClN3O3. The molecule has 148 valence electrons. The van der Waals surface area contributed by atoms with Gasteiger partial charge in [-0.2, -0.15) is 0 Å². The number of rotatable bonds is 8. The lowest BCUT2D eigenvalue weighted by Crippen LogP contribution is -2.10. The lowest BCUT2D eigenvalue weighted by atomic mass is 10.1. The van der Waals surface area contributed by atoms with Crippen LogP contribution in [-0.4, -0.2) is 18.0 Å². The number of hydrogen-bond acceptors (Lipinski definition) is 5. The Morgan fingerprint density at radius 1 is 1.10 bits per heavy atom. The fourth-order valence-corrected chi connectivity index (χ4v) is 2.69. The van der Waals surface area contributed by atoms with Gasteiger partial charge in [0, 0.05) is 24.4 Å². The van der Waals surface area contributed by atoms with E-state index in [1.165, 1.54) is 6.08 Å². The lowest BCUT2D eigenvalue weighted by Gasteiger charge is -2.14. The van der Waals surface area contributed by atoms with Crippen LogP contribution < -0.4 is 15.4 Å². The number of ether oxygens (including phenoxy) is 2. The number of carbonyl (C=O) groups excluding carboxylic acids is 1. The molecular weight excluding hydrogens is 390 g/mol. The van der Waals surface area contributed by atoms with Crippen LogP contribution in [0.25, 0.3) is 0 Å². The topological polar surface area (TPSA) is 72.5 Å². The number of methoxy groups -OCH3 is 1. The van der Waals surface area contributed by atoms with Crippen LogP contribution in [0.15, 0.2) is 73.4 Å². The van der Waals surface area contributed by atoms with Gasteiger partial charge in [-0.3, -0.25) is 4.79 Å². The second-order valence-electron chi connectivity index (χ2n) is 6.06. The summed E-state index contributed by atoms with van der Waals surface area (Å²) in [5.74, 6) is 1.52. The summed E-state index contributed by atoms with van der Waals surface area (Å²) in [6, 6.07) is 16.2. The Labute approximate surface area is 174 Å². The van der Waals surface area contributed by atoms with Crippen molar-refractivity contribution in [1.82, 2.24) is 4.98 Å². The quantitative estimate of drug-likeness (QED) is 0.478. The average Bonchev–Trinajstić information content (AvgIpc) is 2.72. The average molecular weight is 410 g/mol. The Kier molecular flexibility index (Phi) is 6.84. The van der Waals surface area contributed by atoms with Crippen molar-refractivity contribution in [2.45, 2.75) is 6.61 Å². The molecule has 0 bridgehead atoms. The first-order valence-corrected chi connectivity index (χ1v) is 9.17. The maximum Gasteiger partial charge on any atom is 0.247 e. The smallest absolute Gasteiger partial charge is 0.247 e. The van der Waals surface area contributed by atoms with E-state index < -0.39 is 0 Å². The fraction of sp³-hybridized carbons (Fsp3) is 0.0909. The molecule has 0 aliphatic rings. The normalized spacial score (nSPS) is 10.3. The highest BCUT2D eigenvalue weighted by atomic mass is 35.5. The van der Waals surface area contributed by atoms with E-state index in [9.17, 15) is 4.79 Å². The van der Waals surface area contributed by atoms with Gasteiger partial charge in [0.25, 0.3) is 0 Å². The Bertz CT molecular complexity index is 1010. The predicted octanol–water partition coefficient (Wildman–Crippen LogP) is 5.54. The highest BCUT2D eigenvalue weighted by Gasteiger charge is 2.09. The van der Waals surface area contributed by atoms with Gasteiger partial charge in [-0.15, -0.1) is 0 Å². The number of pyridine rings is 1. The maximum absolute atomic E-state index is 11.8. The molecule has 0 radical (unpaired) electrons. The highest BCUT2D eigenvalue weighted by molar-refractivity contribution is 6.30. The number of carbonyl (C=O) groups is 1. The monoisotopic (exact) mass is 409 g/mol. The van der Waals surface area contributed by atoms with Crippen molar-refractivity contribution in [2.75, 3.05) is 17.7 Å². The lowest BCUT2D eigenvalue weighted by molar-refractivity contribution is -0.111. The first-order chi connectivity index (χ1) is 14.1. The van der Waals surface area contributed by atoms with Gasteiger partial charge in [0.05, 0.1) is 18.0 Å². The van der Waals surface area contributed by atoms with Gasteiger partial charge in [-0.1, -0.05) is 24.2 Å². The van der Waals surface area contributed by atoms with Crippen LogP contribution in [0.3, 0.4) is 0 Å². The molecule has 29 heavy (non-hydrogen) atoms. The van der Waals surface area contributed by atoms with Crippen LogP contribution in [0.5, 0.6) is 11.5 Å². The van der Waals surface area contributed by atoms with Crippen LogP contribution in [-0.2, 0) is 16.1 Å². The van der Waals surface area contributed by atoms with Crippen LogP contribution in [0, 0.1) is 0 Å². The molecule has 0 aliphatic heterocycles. The molecule has 0 unspecified atom stereocenters. The van der Waals surface area contributed by atoms with E-state index in [2.05, 4.69) is 22.2 Å². The molecule has 0 spiro atoms. The van der Waals surface area contributed by atoms with E-state index in [0.717, 1.165) is 5.56 Å². The largest absolute Gasteiger partial charge is 0.457 e. The minimum atomic E-state index is -0.310. The molecule has 0 aliphatic carbocycles. The molecule has 3 rings (SSSR count). The van der Waals surface area contributed by atoms with Gasteiger partial charge in [0.2, 0.25) is 5.91 Å². The number of nitrogens with zero attached hydrogens (tertiary/aromatic N) is 1. The first kappa shape index (κ1) is 20.4. The summed E-state index contributed by atoms with van der Waals surface area (Å²) in [6.45, 7) is 3.92. The maximum atomic E-state index is 11.8. The summed E-state index contributed by atoms with van der Waals surface area (Å²) in [7, 11) is 1.62. The molecule has 0 saturated carbocycles. The van der Waals surface area contributed by atoms with E-state index in [-0.39, 0.29) is 5.91 Å². The second-order valence-corrected chi connectivity index (χ2v) is 6.50. The number of hydrogen-bond donors (Lipinski definition) is 2. The summed E-state index contributed by atoms with van der Waals surface area (Å²) in [5.41, 5.74) is 2.19. The molecule has 1 aromatic heterocycles. The van der Waals surface area contributed by atoms with Gasteiger partial charge in [-0.05, 0) is 54.1 Å². The number of aromatic nitrogens is 1. The molecule has 0 fully saturated rings.